The summed E-state index contributed by atoms with van der Waals surface area (Å²) in [6.07, 6.45) is 2.65. The van der Waals surface area contributed by atoms with Gasteiger partial charge in [0.2, 0.25) is 0 Å². The zero-order valence-electron chi connectivity index (χ0n) is 15.1. The van der Waals surface area contributed by atoms with Gasteiger partial charge in [-0.3, -0.25) is 0 Å². The third kappa shape index (κ3) is 3.58. The minimum Gasteiger partial charge on any atom is -0.619 e. The molecule has 1 unspecified atom stereocenters. The van der Waals surface area contributed by atoms with Crippen molar-refractivity contribution in [2.75, 3.05) is 5.75 Å². The van der Waals surface area contributed by atoms with Gasteiger partial charge >= 0.3 is 0 Å². The molecule has 2 aromatic carbocycles. The predicted molar refractivity (Wildman–Crippen MR) is 105 cm³/mol. The fourth-order valence-corrected chi connectivity index (χ4v) is 7.86. The molecule has 0 amide bonds. The Labute approximate surface area is 168 Å². The second kappa shape index (κ2) is 7.16. The van der Waals surface area contributed by atoms with E-state index in [1.807, 2.05) is 0 Å². The van der Waals surface area contributed by atoms with Gasteiger partial charge in [-0.2, -0.15) is 4.73 Å². The number of benzene rings is 2. The highest BCUT2D eigenvalue weighted by molar-refractivity contribution is 7.96. The lowest BCUT2D eigenvalue weighted by atomic mass is 10.1. The van der Waals surface area contributed by atoms with Gasteiger partial charge in [0.15, 0.2) is 32.1 Å². The number of ether oxygens (including phenoxy) is 1. The van der Waals surface area contributed by atoms with Crippen molar-refractivity contribution in [2.45, 2.75) is 21.6 Å². The maximum absolute atomic E-state index is 13.1. The maximum Gasteiger partial charge on any atom is 0.186 e. The Balaban J connectivity index is 1.73. The van der Waals surface area contributed by atoms with Crippen LogP contribution in [-0.2, 0) is 26.3 Å². The molecule has 1 aromatic heterocycles. The van der Waals surface area contributed by atoms with E-state index in [9.17, 15) is 22.0 Å². The Morgan fingerprint density at radius 3 is 2.52 bits per heavy atom. The van der Waals surface area contributed by atoms with E-state index >= 15 is 0 Å². The number of fused-ring (bicyclic) bond motifs is 1. The molecular weight excluding hydrogens is 414 g/mol. The van der Waals surface area contributed by atoms with Gasteiger partial charge < -0.3 is 9.94 Å². The SMILES string of the molecule is O=S1(=O)CC(S(=O)(=O)c2ccccc2)c2cccc(OCc3ccc[n+]([O-])c3)c21. The van der Waals surface area contributed by atoms with E-state index in [0.29, 0.717) is 10.3 Å². The summed E-state index contributed by atoms with van der Waals surface area (Å²) in [5, 5.41) is 10.2. The standard InChI is InChI=1S/C20H17NO6S2/c22-21-11-5-6-15(12-21)13-27-18-10-4-9-17-19(14-28(23,24)20(17)18)29(25,26)16-7-2-1-3-8-16/h1-12,19H,13-14H2. The third-order valence-corrected chi connectivity index (χ3v) is 8.86. The lowest BCUT2D eigenvalue weighted by molar-refractivity contribution is -0.606. The lowest BCUT2D eigenvalue weighted by Gasteiger charge is -2.13. The summed E-state index contributed by atoms with van der Waals surface area (Å²) in [6.45, 7) is -0.0227. The van der Waals surface area contributed by atoms with E-state index < -0.39 is 30.7 Å². The monoisotopic (exact) mass is 431 g/mol. The van der Waals surface area contributed by atoms with E-state index in [1.54, 1.807) is 36.4 Å². The molecule has 4 rings (SSSR count). The topological polar surface area (TPSA) is 104 Å². The molecule has 1 aliphatic heterocycles. The first-order chi connectivity index (χ1) is 13.8. The molecule has 0 fully saturated rings. The smallest absolute Gasteiger partial charge is 0.186 e. The molecule has 0 N–H and O–H groups in total. The van der Waals surface area contributed by atoms with Crippen molar-refractivity contribution in [1.29, 1.82) is 0 Å². The molecule has 7 nitrogen and oxygen atoms in total. The Bertz CT molecular complexity index is 1270. The molecule has 0 aliphatic carbocycles. The van der Waals surface area contributed by atoms with Crippen LogP contribution in [-0.4, -0.2) is 22.6 Å². The van der Waals surface area contributed by atoms with Gasteiger partial charge in [0, 0.05) is 6.07 Å². The summed E-state index contributed by atoms with van der Waals surface area (Å²) in [4.78, 5) is -0.0286. The Morgan fingerprint density at radius 2 is 1.79 bits per heavy atom. The highest BCUT2D eigenvalue weighted by Crippen LogP contribution is 2.45. The predicted octanol–water partition coefficient (Wildman–Crippen LogP) is 2.20. The van der Waals surface area contributed by atoms with Crippen LogP contribution in [0.5, 0.6) is 5.75 Å². The van der Waals surface area contributed by atoms with Gasteiger partial charge in [0.25, 0.3) is 0 Å². The quantitative estimate of drug-likeness (QED) is 0.453. The largest absolute Gasteiger partial charge is 0.619 e. The van der Waals surface area contributed by atoms with Crippen molar-refractivity contribution in [2.24, 2.45) is 0 Å². The third-order valence-electron chi connectivity index (χ3n) is 4.72. The van der Waals surface area contributed by atoms with Crippen LogP contribution in [0.3, 0.4) is 0 Å². The minimum absolute atomic E-state index is 0.0227. The number of aromatic nitrogens is 1. The van der Waals surface area contributed by atoms with Gasteiger partial charge in [-0.1, -0.05) is 30.3 Å². The maximum atomic E-state index is 13.1. The van der Waals surface area contributed by atoms with Crippen molar-refractivity contribution in [1.82, 2.24) is 0 Å². The highest BCUT2D eigenvalue weighted by Gasteiger charge is 2.44. The molecule has 3 aromatic rings. The number of rotatable bonds is 5. The van der Waals surface area contributed by atoms with Crippen LogP contribution in [0.1, 0.15) is 16.4 Å². The summed E-state index contributed by atoms with van der Waals surface area (Å²) in [5.74, 6) is -0.458. The van der Waals surface area contributed by atoms with Crippen LogP contribution >= 0.6 is 0 Å². The molecule has 29 heavy (non-hydrogen) atoms. The number of sulfone groups is 2. The lowest BCUT2D eigenvalue weighted by Crippen LogP contribution is -2.25. The Morgan fingerprint density at radius 1 is 1.03 bits per heavy atom. The second-order valence-electron chi connectivity index (χ2n) is 6.66. The van der Waals surface area contributed by atoms with Crippen LogP contribution in [0, 0.1) is 5.21 Å². The van der Waals surface area contributed by atoms with E-state index in [1.165, 1.54) is 36.7 Å². The molecule has 1 aliphatic rings. The molecule has 0 saturated carbocycles. The highest BCUT2D eigenvalue weighted by atomic mass is 32.2. The zero-order chi connectivity index (χ0) is 20.6. The molecule has 0 radical (unpaired) electrons. The fraction of sp³-hybridized carbons (Fsp3) is 0.150. The van der Waals surface area contributed by atoms with Crippen LogP contribution in [0.15, 0.2) is 82.8 Å². The molecule has 0 saturated heterocycles. The summed E-state index contributed by atoms with van der Waals surface area (Å²) >= 11 is 0. The Kier molecular flexibility index (Phi) is 4.79. The van der Waals surface area contributed by atoms with Gasteiger partial charge in [-0.15, -0.1) is 0 Å². The van der Waals surface area contributed by atoms with Crippen molar-refractivity contribution < 1.29 is 26.3 Å². The number of hydrogen-bond acceptors (Lipinski definition) is 6. The van der Waals surface area contributed by atoms with Crippen molar-refractivity contribution >= 4 is 19.7 Å². The van der Waals surface area contributed by atoms with Crippen LogP contribution in [0.25, 0.3) is 0 Å². The van der Waals surface area contributed by atoms with E-state index in [0.717, 1.165) is 0 Å². The van der Waals surface area contributed by atoms with E-state index in [-0.39, 0.29) is 27.7 Å². The zero-order valence-corrected chi connectivity index (χ0v) is 16.8. The van der Waals surface area contributed by atoms with Crippen molar-refractivity contribution in [3.8, 4) is 5.75 Å². The van der Waals surface area contributed by atoms with Crippen LogP contribution in [0.2, 0.25) is 0 Å². The van der Waals surface area contributed by atoms with Gasteiger partial charge in [-0.05, 0) is 29.8 Å². The molecule has 2 heterocycles. The molecule has 0 spiro atoms. The molecule has 9 heteroatoms. The van der Waals surface area contributed by atoms with Gasteiger partial charge in [-0.25, -0.2) is 16.8 Å². The van der Waals surface area contributed by atoms with Crippen molar-refractivity contribution in [3.05, 3.63) is 89.4 Å². The molecule has 0 bridgehead atoms. The average Bonchev–Trinajstić information content (AvgIpc) is 2.99. The summed E-state index contributed by atoms with van der Waals surface area (Å²) < 4.78 is 58.1. The van der Waals surface area contributed by atoms with Gasteiger partial charge in [0.05, 0.1) is 16.2 Å². The number of nitrogens with zero attached hydrogens (tertiary/aromatic N) is 1. The van der Waals surface area contributed by atoms with E-state index in [2.05, 4.69) is 0 Å². The molecular formula is C20H17NO6S2. The van der Waals surface area contributed by atoms with Crippen LogP contribution < -0.4 is 9.47 Å². The first kappa shape index (κ1) is 19.4. The number of hydrogen-bond donors (Lipinski definition) is 0. The summed E-state index contributed by atoms with van der Waals surface area (Å²) in [6, 6.07) is 15.6. The minimum atomic E-state index is -3.89. The summed E-state index contributed by atoms with van der Waals surface area (Å²) in [5.41, 5.74) is 0.766. The first-order valence-electron chi connectivity index (χ1n) is 8.74. The Hall–Kier alpha value is -2.91. The van der Waals surface area contributed by atoms with E-state index in [4.69, 9.17) is 4.74 Å². The number of pyridine rings is 1. The van der Waals surface area contributed by atoms with Crippen molar-refractivity contribution in [3.63, 3.8) is 0 Å². The average molecular weight is 431 g/mol. The second-order valence-corrected chi connectivity index (χ2v) is 10.8. The fourth-order valence-electron chi connectivity index (χ4n) is 3.38. The first-order valence-corrected chi connectivity index (χ1v) is 11.9. The summed E-state index contributed by atoms with van der Waals surface area (Å²) in [7, 11) is -7.75. The van der Waals surface area contributed by atoms with Gasteiger partial charge in [0.1, 0.15) is 22.5 Å². The molecule has 1 atom stereocenters. The molecule has 150 valence electrons. The van der Waals surface area contributed by atoms with Crippen LogP contribution in [0.4, 0.5) is 0 Å². The normalized spacial score (nSPS) is 17.6.